The first kappa shape index (κ1) is 13.7. The zero-order valence-corrected chi connectivity index (χ0v) is 9.78. The summed E-state index contributed by atoms with van der Waals surface area (Å²) >= 11 is 0. The van der Waals surface area contributed by atoms with Gasteiger partial charge >= 0.3 is 5.97 Å². The first-order valence-electron chi connectivity index (χ1n) is 5.00. The van der Waals surface area contributed by atoms with Crippen molar-refractivity contribution < 1.29 is 15.0 Å². The van der Waals surface area contributed by atoms with Crippen LogP contribution in [0.5, 0.6) is 0 Å². The van der Waals surface area contributed by atoms with Gasteiger partial charge in [-0.3, -0.25) is 0 Å². The zero-order valence-electron chi connectivity index (χ0n) is 9.78. The van der Waals surface area contributed by atoms with Crippen molar-refractivity contribution in [2.24, 2.45) is 0 Å². The highest BCUT2D eigenvalue weighted by Gasteiger charge is 2.12. The summed E-state index contributed by atoms with van der Waals surface area (Å²) in [6.07, 6.45) is 2.76. The third-order valence-electron chi connectivity index (χ3n) is 2.21. The summed E-state index contributed by atoms with van der Waals surface area (Å²) in [5.74, 6) is -1.15. The highest BCUT2D eigenvalue weighted by molar-refractivity contribution is 5.84. The molecule has 0 saturated heterocycles. The molecule has 1 aromatic heterocycles. The van der Waals surface area contributed by atoms with E-state index in [1.54, 1.807) is 0 Å². The predicted octanol–water partition coefficient (Wildman–Crippen LogP) is 0.441. The summed E-state index contributed by atoms with van der Waals surface area (Å²) in [4.78, 5) is 12.1. The Balaban J connectivity index is 2.76. The standard InChI is InChI=1S/C11H14N4O3/c1-4-8(2)15(7-16)9(3)5-14-6-10(11(17)18)12-13-14/h4,6,16H,1-3,5,7H2,(H,17,18). The molecule has 0 fully saturated rings. The highest BCUT2D eigenvalue weighted by Crippen LogP contribution is 2.11. The Kier molecular flexibility index (Phi) is 4.39. The molecule has 0 saturated carbocycles. The highest BCUT2D eigenvalue weighted by atomic mass is 16.4. The van der Waals surface area contributed by atoms with E-state index in [4.69, 9.17) is 5.11 Å². The van der Waals surface area contributed by atoms with Crippen LogP contribution < -0.4 is 0 Å². The van der Waals surface area contributed by atoms with Crippen LogP contribution in [0, 0.1) is 0 Å². The summed E-state index contributed by atoms with van der Waals surface area (Å²) in [7, 11) is 0. The van der Waals surface area contributed by atoms with Gasteiger partial charge in [0.2, 0.25) is 0 Å². The van der Waals surface area contributed by atoms with Crippen LogP contribution in [-0.4, -0.2) is 42.8 Å². The number of nitrogens with zero attached hydrogens (tertiary/aromatic N) is 4. The number of aliphatic hydroxyl groups is 1. The number of carboxylic acids is 1. The van der Waals surface area contributed by atoms with E-state index in [-0.39, 0.29) is 19.0 Å². The van der Waals surface area contributed by atoms with Crippen LogP contribution in [0.15, 0.2) is 43.4 Å². The second kappa shape index (κ2) is 5.78. The largest absolute Gasteiger partial charge is 0.476 e. The lowest BCUT2D eigenvalue weighted by molar-refractivity contribution is 0.0690. The van der Waals surface area contributed by atoms with Crippen molar-refractivity contribution in [2.75, 3.05) is 6.73 Å². The molecule has 1 heterocycles. The van der Waals surface area contributed by atoms with Crippen molar-refractivity contribution in [3.8, 4) is 0 Å². The molecule has 7 nitrogen and oxygen atoms in total. The summed E-state index contributed by atoms with van der Waals surface area (Å²) in [5.41, 5.74) is 0.825. The average molecular weight is 250 g/mol. The van der Waals surface area contributed by atoms with E-state index in [9.17, 15) is 9.90 Å². The molecule has 2 N–H and O–H groups in total. The lowest BCUT2D eigenvalue weighted by Gasteiger charge is -2.24. The molecule has 0 aromatic carbocycles. The molecule has 1 aromatic rings. The summed E-state index contributed by atoms with van der Waals surface area (Å²) < 4.78 is 1.31. The summed E-state index contributed by atoms with van der Waals surface area (Å²) in [6, 6.07) is 0. The van der Waals surface area contributed by atoms with Crippen LogP contribution >= 0.6 is 0 Å². The van der Waals surface area contributed by atoms with Gasteiger partial charge in [-0.15, -0.1) is 5.10 Å². The molecule has 96 valence electrons. The van der Waals surface area contributed by atoms with Gasteiger partial charge in [0.15, 0.2) is 5.69 Å². The van der Waals surface area contributed by atoms with Gasteiger partial charge in [-0.2, -0.15) is 0 Å². The molecule has 18 heavy (non-hydrogen) atoms. The molecular formula is C11H14N4O3. The van der Waals surface area contributed by atoms with Crippen molar-refractivity contribution in [1.82, 2.24) is 19.9 Å². The fourth-order valence-corrected chi connectivity index (χ4v) is 1.25. The summed E-state index contributed by atoms with van der Waals surface area (Å²) in [5, 5.41) is 25.0. The number of aliphatic hydroxyl groups excluding tert-OH is 1. The van der Waals surface area contributed by atoms with E-state index in [0.717, 1.165) is 0 Å². The third kappa shape index (κ3) is 3.05. The van der Waals surface area contributed by atoms with Gasteiger partial charge in [0, 0.05) is 11.4 Å². The van der Waals surface area contributed by atoms with Gasteiger partial charge < -0.3 is 15.1 Å². The van der Waals surface area contributed by atoms with Gasteiger partial charge in [-0.05, 0) is 6.08 Å². The van der Waals surface area contributed by atoms with E-state index in [1.165, 1.54) is 21.9 Å². The zero-order chi connectivity index (χ0) is 13.7. The van der Waals surface area contributed by atoms with Crippen molar-refractivity contribution >= 4 is 5.97 Å². The van der Waals surface area contributed by atoms with Crippen LogP contribution in [0.1, 0.15) is 10.5 Å². The van der Waals surface area contributed by atoms with Gasteiger partial charge in [0.05, 0.1) is 12.7 Å². The van der Waals surface area contributed by atoms with E-state index < -0.39 is 5.97 Å². The average Bonchev–Trinajstić information content (AvgIpc) is 2.78. The molecule has 0 radical (unpaired) electrons. The Labute approximate surface area is 104 Å². The molecular weight excluding hydrogens is 236 g/mol. The Bertz CT molecular complexity index is 492. The van der Waals surface area contributed by atoms with Crippen LogP contribution in [-0.2, 0) is 6.54 Å². The number of hydrogen-bond donors (Lipinski definition) is 2. The van der Waals surface area contributed by atoms with Crippen molar-refractivity contribution in [1.29, 1.82) is 0 Å². The first-order chi connectivity index (χ1) is 8.49. The maximum Gasteiger partial charge on any atom is 0.358 e. The lowest BCUT2D eigenvalue weighted by Crippen LogP contribution is -2.24. The number of rotatable bonds is 7. The van der Waals surface area contributed by atoms with Crippen LogP contribution in [0.4, 0.5) is 0 Å². The molecule has 0 aliphatic rings. The molecule has 0 unspecified atom stereocenters. The predicted molar refractivity (Wildman–Crippen MR) is 64.4 cm³/mol. The number of aromatic carboxylic acids is 1. The monoisotopic (exact) mass is 250 g/mol. The minimum absolute atomic E-state index is 0.152. The number of allylic oxidation sites excluding steroid dienone is 2. The van der Waals surface area contributed by atoms with Gasteiger partial charge in [-0.25, -0.2) is 9.48 Å². The van der Waals surface area contributed by atoms with E-state index in [0.29, 0.717) is 11.4 Å². The van der Waals surface area contributed by atoms with Crippen molar-refractivity contribution in [2.45, 2.75) is 6.54 Å². The Morgan fingerprint density at radius 3 is 2.67 bits per heavy atom. The number of carboxylic acid groups (broad SMARTS) is 1. The number of carbonyl (C=O) groups is 1. The minimum Gasteiger partial charge on any atom is -0.476 e. The molecule has 7 heteroatoms. The molecule has 0 amide bonds. The molecule has 0 bridgehead atoms. The second-order valence-electron chi connectivity index (χ2n) is 3.44. The molecule has 0 atom stereocenters. The summed E-state index contributed by atoms with van der Waals surface area (Å²) in [6.45, 7) is 10.9. The fraction of sp³-hybridized carbons (Fsp3) is 0.182. The van der Waals surface area contributed by atoms with E-state index >= 15 is 0 Å². The fourth-order valence-electron chi connectivity index (χ4n) is 1.25. The molecule has 1 rings (SSSR count). The maximum absolute atomic E-state index is 10.6. The maximum atomic E-state index is 10.6. The Hall–Kier alpha value is -2.41. The molecule has 0 aliphatic carbocycles. The van der Waals surface area contributed by atoms with Crippen LogP contribution in [0.3, 0.4) is 0 Å². The smallest absolute Gasteiger partial charge is 0.358 e. The quantitative estimate of drug-likeness (QED) is 0.539. The molecule has 0 aliphatic heterocycles. The lowest BCUT2D eigenvalue weighted by atomic mass is 10.3. The number of hydrogen-bond acceptors (Lipinski definition) is 5. The van der Waals surface area contributed by atoms with E-state index in [2.05, 4.69) is 30.0 Å². The molecule has 0 spiro atoms. The first-order valence-corrected chi connectivity index (χ1v) is 5.00. The van der Waals surface area contributed by atoms with Crippen molar-refractivity contribution in [3.05, 3.63) is 49.1 Å². The SMILES string of the molecule is C=CC(=C)N(CO)C(=C)Cn1cc(C(=O)O)nn1. The minimum atomic E-state index is -1.15. The Morgan fingerprint density at radius 2 is 2.22 bits per heavy atom. The normalized spacial score (nSPS) is 9.83. The third-order valence-corrected chi connectivity index (χ3v) is 2.21. The topological polar surface area (TPSA) is 91.5 Å². The van der Waals surface area contributed by atoms with Crippen LogP contribution in [0.2, 0.25) is 0 Å². The van der Waals surface area contributed by atoms with Crippen LogP contribution in [0.25, 0.3) is 0 Å². The second-order valence-corrected chi connectivity index (χ2v) is 3.44. The number of aromatic nitrogens is 3. The van der Waals surface area contributed by atoms with E-state index in [1.807, 2.05) is 0 Å². The van der Waals surface area contributed by atoms with Gasteiger partial charge in [-0.1, -0.05) is 25.0 Å². The van der Waals surface area contributed by atoms with Gasteiger partial charge in [0.25, 0.3) is 0 Å². The Morgan fingerprint density at radius 1 is 1.56 bits per heavy atom. The van der Waals surface area contributed by atoms with Gasteiger partial charge in [0.1, 0.15) is 6.73 Å². The van der Waals surface area contributed by atoms with Crippen molar-refractivity contribution in [3.63, 3.8) is 0 Å².